The van der Waals surface area contributed by atoms with E-state index in [1.54, 1.807) is 19.2 Å². The average Bonchev–Trinajstić information content (AvgIpc) is 2.89. The van der Waals surface area contributed by atoms with Crippen molar-refractivity contribution in [1.29, 1.82) is 0 Å². The van der Waals surface area contributed by atoms with Gasteiger partial charge in [0.2, 0.25) is 0 Å². The van der Waals surface area contributed by atoms with Crippen molar-refractivity contribution in [3.05, 3.63) is 62.0 Å². The molecule has 0 saturated heterocycles. The second-order valence-electron chi connectivity index (χ2n) is 5.95. The molecule has 0 radical (unpaired) electrons. The summed E-state index contributed by atoms with van der Waals surface area (Å²) in [5.74, 6) is -1.09. The Morgan fingerprint density at radius 3 is 2.56 bits per heavy atom. The van der Waals surface area contributed by atoms with E-state index in [1.165, 1.54) is 17.0 Å². The molecule has 2 aromatic rings. The lowest BCUT2D eigenvalue weighted by Gasteiger charge is -2.12. The van der Waals surface area contributed by atoms with Crippen LogP contribution in [-0.2, 0) is 4.74 Å². The van der Waals surface area contributed by atoms with E-state index in [9.17, 15) is 14.4 Å². The Morgan fingerprint density at radius 1 is 1.07 bits per heavy atom. The van der Waals surface area contributed by atoms with Crippen molar-refractivity contribution in [2.24, 2.45) is 0 Å². The fourth-order valence-corrected chi connectivity index (χ4v) is 3.50. The van der Waals surface area contributed by atoms with Crippen LogP contribution in [0.15, 0.2) is 45.3 Å². The van der Waals surface area contributed by atoms with Crippen LogP contribution in [0, 0.1) is 0 Å². The van der Waals surface area contributed by atoms with Crippen molar-refractivity contribution < 1.29 is 19.1 Å². The number of anilines is 1. The summed E-state index contributed by atoms with van der Waals surface area (Å²) in [6.07, 6.45) is 0.562. The number of imide groups is 1. The second-order valence-corrected chi connectivity index (χ2v) is 7.72. The molecule has 27 heavy (non-hydrogen) atoms. The van der Waals surface area contributed by atoms with Gasteiger partial charge < -0.3 is 10.1 Å². The number of halogens is 2. The molecule has 1 aliphatic rings. The van der Waals surface area contributed by atoms with E-state index in [2.05, 4.69) is 37.2 Å². The van der Waals surface area contributed by atoms with Gasteiger partial charge in [-0.2, -0.15) is 0 Å². The smallest absolute Gasteiger partial charge is 0.261 e. The summed E-state index contributed by atoms with van der Waals surface area (Å²) in [6, 6.07) is 9.95. The molecule has 0 fully saturated rings. The van der Waals surface area contributed by atoms with Crippen LogP contribution in [0.1, 0.15) is 37.5 Å². The van der Waals surface area contributed by atoms with Crippen LogP contribution in [0.25, 0.3) is 0 Å². The Labute approximate surface area is 173 Å². The number of benzene rings is 2. The van der Waals surface area contributed by atoms with Gasteiger partial charge in [-0.25, -0.2) is 0 Å². The first-order valence-electron chi connectivity index (χ1n) is 8.18. The minimum atomic E-state index is -0.385. The van der Waals surface area contributed by atoms with E-state index in [-0.39, 0.29) is 29.8 Å². The van der Waals surface area contributed by atoms with E-state index >= 15 is 0 Å². The molecule has 0 spiro atoms. The van der Waals surface area contributed by atoms with Gasteiger partial charge in [0.15, 0.2) is 0 Å². The molecule has 1 N–H and O–H groups in total. The third-order valence-corrected chi connectivity index (χ3v) is 5.32. The van der Waals surface area contributed by atoms with Crippen LogP contribution in [0.2, 0.25) is 0 Å². The third kappa shape index (κ3) is 4.12. The number of nitrogens with zero attached hydrogens (tertiary/aromatic N) is 1. The van der Waals surface area contributed by atoms with E-state index in [0.29, 0.717) is 29.8 Å². The Hall–Kier alpha value is -2.03. The summed E-state index contributed by atoms with van der Waals surface area (Å²) < 4.78 is 6.52. The van der Waals surface area contributed by atoms with Crippen molar-refractivity contribution in [1.82, 2.24) is 4.90 Å². The van der Waals surface area contributed by atoms with Gasteiger partial charge in [-0.3, -0.25) is 19.3 Å². The zero-order valence-electron chi connectivity index (χ0n) is 14.4. The predicted molar refractivity (Wildman–Crippen MR) is 108 cm³/mol. The molecular formula is C19H16Br2N2O4. The number of hydrogen-bond acceptors (Lipinski definition) is 4. The molecule has 0 saturated carbocycles. The number of methoxy groups -OCH3 is 1. The quantitative estimate of drug-likeness (QED) is 0.483. The van der Waals surface area contributed by atoms with Gasteiger partial charge in [0.05, 0.1) is 16.8 Å². The number of nitrogens with one attached hydrogen (secondary N) is 1. The van der Waals surface area contributed by atoms with E-state index < -0.39 is 0 Å². The maximum Gasteiger partial charge on any atom is 0.261 e. The molecular weight excluding hydrogens is 480 g/mol. The third-order valence-electron chi connectivity index (χ3n) is 4.14. The molecule has 2 aromatic carbocycles. The van der Waals surface area contributed by atoms with E-state index in [4.69, 9.17) is 4.74 Å². The first-order chi connectivity index (χ1) is 12.9. The molecule has 8 heteroatoms. The Morgan fingerprint density at radius 2 is 1.81 bits per heavy atom. The second kappa shape index (κ2) is 8.33. The van der Waals surface area contributed by atoms with Crippen molar-refractivity contribution in [2.45, 2.75) is 6.42 Å². The number of carbonyl (C=O) groups excluding carboxylic acids is 3. The van der Waals surface area contributed by atoms with E-state index in [1.807, 2.05) is 12.1 Å². The highest BCUT2D eigenvalue weighted by atomic mass is 79.9. The number of fused-ring (bicyclic) bond motifs is 1. The van der Waals surface area contributed by atoms with Gasteiger partial charge in [0.1, 0.15) is 0 Å². The van der Waals surface area contributed by atoms with Crippen LogP contribution in [0.4, 0.5) is 5.69 Å². The minimum Gasteiger partial charge on any atom is -0.385 e. The first-order valence-corrected chi connectivity index (χ1v) is 9.76. The summed E-state index contributed by atoms with van der Waals surface area (Å²) in [6.45, 7) is 0.745. The number of ether oxygens (including phenoxy) is 1. The standard InChI is InChI=1S/C19H16Br2N2O4/c1-27-8-2-7-23-18(25)13-5-3-11(9-14(13)19(23)26)17(24)22-16-10-12(20)4-6-15(16)21/h3-6,9-10H,2,7-8H2,1H3,(H,22,24). The SMILES string of the molecule is COCCCN1C(=O)c2ccc(C(=O)Nc3cc(Br)ccc3Br)cc2C1=O. The largest absolute Gasteiger partial charge is 0.385 e. The van der Waals surface area contributed by atoms with Crippen LogP contribution >= 0.6 is 31.9 Å². The fourth-order valence-electron chi connectivity index (χ4n) is 2.79. The van der Waals surface area contributed by atoms with Gasteiger partial charge in [0, 0.05) is 34.8 Å². The molecule has 0 bridgehead atoms. The van der Waals surface area contributed by atoms with Crippen LogP contribution < -0.4 is 5.32 Å². The molecule has 0 atom stereocenters. The van der Waals surface area contributed by atoms with Gasteiger partial charge in [0.25, 0.3) is 17.7 Å². The Bertz CT molecular complexity index is 930. The average molecular weight is 496 g/mol. The van der Waals surface area contributed by atoms with Gasteiger partial charge in [-0.15, -0.1) is 0 Å². The highest BCUT2D eigenvalue weighted by molar-refractivity contribution is 9.11. The highest BCUT2D eigenvalue weighted by Gasteiger charge is 2.35. The lowest BCUT2D eigenvalue weighted by Crippen LogP contribution is -2.31. The number of hydrogen-bond donors (Lipinski definition) is 1. The molecule has 1 aliphatic heterocycles. The van der Waals surface area contributed by atoms with E-state index in [0.717, 1.165) is 8.95 Å². The van der Waals surface area contributed by atoms with Crippen LogP contribution in [0.3, 0.4) is 0 Å². The normalized spacial score (nSPS) is 13.1. The lowest BCUT2D eigenvalue weighted by molar-refractivity contribution is 0.0638. The molecule has 140 valence electrons. The maximum absolute atomic E-state index is 12.6. The highest BCUT2D eigenvalue weighted by Crippen LogP contribution is 2.28. The zero-order valence-corrected chi connectivity index (χ0v) is 17.6. The minimum absolute atomic E-state index is 0.248. The molecule has 0 unspecified atom stereocenters. The number of rotatable bonds is 6. The van der Waals surface area contributed by atoms with Gasteiger partial charge in [-0.05, 0) is 58.7 Å². The lowest BCUT2D eigenvalue weighted by atomic mass is 10.1. The molecule has 3 rings (SSSR count). The summed E-state index contributed by atoms with van der Waals surface area (Å²) in [5, 5.41) is 2.80. The van der Waals surface area contributed by atoms with Gasteiger partial charge >= 0.3 is 0 Å². The predicted octanol–water partition coefficient (Wildman–Crippen LogP) is 4.10. The number of carbonyl (C=O) groups is 3. The number of amides is 3. The van der Waals surface area contributed by atoms with Crippen LogP contribution in [0.5, 0.6) is 0 Å². The van der Waals surface area contributed by atoms with Crippen molar-refractivity contribution >= 4 is 55.3 Å². The molecule has 3 amide bonds. The monoisotopic (exact) mass is 494 g/mol. The van der Waals surface area contributed by atoms with Crippen molar-refractivity contribution in [2.75, 3.05) is 25.6 Å². The summed E-state index contributed by atoms with van der Waals surface area (Å²) in [7, 11) is 1.57. The van der Waals surface area contributed by atoms with Gasteiger partial charge in [-0.1, -0.05) is 15.9 Å². The molecule has 6 nitrogen and oxygen atoms in total. The Kier molecular flexibility index (Phi) is 6.08. The fraction of sp³-hybridized carbons (Fsp3) is 0.211. The van der Waals surface area contributed by atoms with Crippen molar-refractivity contribution in [3.8, 4) is 0 Å². The molecule has 0 aromatic heterocycles. The molecule has 1 heterocycles. The zero-order chi connectivity index (χ0) is 19.6. The topological polar surface area (TPSA) is 75.7 Å². The molecule has 0 aliphatic carbocycles. The summed E-state index contributed by atoms with van der Waals surface area (Å²) in [4.78, 5) is 38.7. The first kappa shape index (κ1) is 19.7. The van der Waals surface area contributed by atoms with Crippen molar-refractivity contribution in [3.63, 3.8) is 0 Å². The van der Waals surface area contributed by atoms with Crippen LogP contribution in [-0.4, -0.2) is 42.9 Å². The Balaban J connectivity index is 1.81. The maximum atomic E-state index is 12.6. The summed E-state index contributed by atoms with van der Waals surface area (Å²) >= 11 is 6.75. The summed E-state index contributed by atoms with van der Waals surface area (Å²) in [5.41, 5.74) is 1.47.